The van der Waals surface area contributed by atoms with Crippen LogP contribution in [0.3, 0.4) is 0 Å². The zero-order valence-corrected chi connectivity index (χ0v) is 11.2. The minimum absolute atomic E-state index is 0.277. The van der Waals surface area contributed by atoms with Gasteiger partial charge in [0.25, 0.3) is 0 Å². The molecule has 4 nitrogen and oxygen atoms in total. The van der Waals surface area contributed by atoms with Crippen LogP contribution in [0.15, 0.2) is 12.1 Å². The lowest BCUT2D eigenvalue weighted by atomic mass is 10.2. The van der Waals surface area contributed by atoms with E-state index >= 15 is 0 Å². The van der Waals surface area contributed by atoms with Crippen molar-refractivity contribution >= 4 is 11.6 Å². The van der Waals surface area contributed by atoms with Crippen LogP contribution in [-0.4, -0.2) is 31.0 Å². The van der Waals surface area contributed by atoms with Gasteiger partial charge in [-0.05, 0) is 37.6 Å². The number of benzene rings is 1. The highest BCUT2D eigenvalue weighted by Crippen LogP contribution is 2.38. The van der Waals surface area contributed by atoms with Crippen LogP contribution in [0.2, 0.25) is 5.02 Å². The van der Waals surface area contributed by atoms with Gasteiger partial charge in [-0.25, -0.2) is 0 Å². The number of halogens is 1. The molecule has 1 unspecified atom stereocenters. The minimum Gasteiger partial charge on any atom is -0.486 e. The summed E-state index contributed by atoms with van der Waals surface area (Å²) in [4.78, 5) is 0. The predicted octanol–water partition coefficient (Wildman–Crippen LogP) is 1.97. The molecule has 1 aromatic carbocycles. The van der Waals surface area contributed by atoms with Gasteiger partial charge in [0.05, 0.1) is 11.1 Å². The van der Waals surface area contributed by atoms with Gasteiger partial charge in [-0.1, -0.05) is 11.6 Å². The minimum atomic E-state index is -0.277. The molecular formula is C13H18ClNO3. The molecule has 18 heavy (non-hydrogen) atoms. The lowest BCUT2D eigenvalue weighted by Gasteiger charge is -2.20. The summed E-state index contributed by atoms with van der Waals surface area (Å²) in [5.41, 5.74) is 1.05. The largest absolute Gasteiger partial charge is 0.486 e. The fourth-order valence-corrected chi connectivity index (χ4v) is 2.10. The zero-order valence-electron chi connectivity index (χ0n) is 10.4. The molecule has 0 saturated carbocycles. The Hall–Kier alpha value is -0.970. The van der Waals surface area contributed by atoms with Gasteiger partial charge in [0, 0.05) is 6.54 Å². The maximum atomic E-state index is 9.15. The van der Waals surface area contributed by atoms with Crippen LogP contribution in [0.1, 0.15) is 18.9 Å². The summed E-state index contributed by atoms with van der Waals surface area (Å²) in [7, 11) is 0. The lowest BCUT2D eigenvalue weighted by Crippen LogP contribution is -2.19. The van der Waals surface area contributed by atoms with E-state index in [2.05, 4.69) is 5.32 Å². The third-order valence-electron chi connectivity index (χ3n) is 2.72. The van der Waals surface area contributed by atoms with Gasteiger partial charge in [0.2, 0.25) is 0 Å². The van der Waals surface area contributed by atoms with Gasteiger partial charge in [-0.15, -0.1) is 0 Å². The molecule has 5 heteroatoms. The SMILES string of the molecule is CC(O)CCNCc1cc(Cl)c2c(c1)OCCO2. The number of hydrogen-bond acceptors (Lipinski definition) is 4. The highest BCUT2D eigenvalue weighted by molar-refractivity contribution is 6.32. The van der Waals surface area contributed by atoms with Crippen LogP contribution in [0, 0.1) is 0 Å². The topological polar surface area (TPSA) is 50.7 Å². The maximum Gasteiger partial charge on any atom is 0.179 e. The molecule has 0 fully saturated rings. The molecule has 0 amide bonds. The predicted molar refractivity (Wildman–Crippen MR) is 70.4 cm³/mol. The molecule has 0 aliphatic carbocycles. The normalized spacial score (nSPS) is 15.5. The van der Waals surface area contributed by atoms with Crippen LogP contribution in [0.25, 0.3) is 0 Å². The Kier molecular flexibility index (Phi) is 4.69. The molecule has 1 aliphatic heterocycles. The molecule has 0 saturated heterocycles. The van der Waals surface area contributed by atoms with Gasteiger partial charge in [-0.2, -0.15) is 0 Å². The van der Waals surface area contributed by atoms with Crippen molar-refractivity contribution in [2.45, 2.75) is 26.0 Å². The molecule has 1 aromatic rings. The molecule has 2 N–H and O–H groups in total. The van der Waals surface area contributed by atoms with Gasteiger partial charge >= 0.3 is 0 Å². The summed E-state index contributed by atoms with van der Waals surface area (Å²) in [6.45, 7) is 4.34. The van der Waals surface area contributed by atoms with E-state index in [1.165, 1.54) is 0 Å². The summed E-state index contributed by atoms with van der Waals surface area (Å²) in [5.74, 6) is 1.34. The quantitative estimate of drug-likeness (QED) is 0.804. The summed E-state index contributed by atoms with van der Waals surface area (Å²) in [5, 5.41) is 13.0. The highest BCUT2D eigenvalue weighted by atomic mass is 35.5. The first-order valence-electron chi connectivity index (χ1n) is 6.13. The summed E-state index contributed by atoms with van der Waals surface area (Å²) in [6.07, 6.45) is 0.458. The molecule has 1 atom stereocenters. The summed E-state index contributed by atoms with van der Waals surface area (Å²) >= 11 is 6.14. The van der Waals surface area contributed by atoms with Crippen LogP contribution < -0.4 is 14.8 Å². The lowest BCUT2D eigenvalue weighted by molar-refractivity contribution is 0.171. The Bertz CT molecular complexity index is 409. The Labute approximate surface area is 112 Å². The first-order valence-corrected chi connectivity index (χ1v) is 6.51. The van der Waals surface area contributed by atoms with Gasteiger partial charge in [0.15, 0.2) is 11.5 Å². The Morgan fingerprint density at radius 2 is 2.17 bits per heavy atom. The average molecular weight is 272 g/mol. The van der Waals surface area contributed by atoms with Crippen molar-refractivity contribution in [3.8, 4) is 11.5 Å². The Balaban J connectivity index is 1.95. The monoisotopic (exact) mass is 271 g/mol. The van der Waals surface area contributed by atoms with E-state index in [0.29, 0.717) is 36.3 Å². The van der Waals surface area contributed by atoms with E-state index in [1.54, 1.807) is 6.92 Å². The van der Waals surface area contributed by atoms with Crippen molar-refractivity contribution in [1.82, 2.24) is 5.32 Å². The van der Waals surface area contributed by atoms with E-state index in [1.807, 2.05) is 12.1 Å². The number of hydrogen-bond donors (Lipinski definition) is 2. The Morgan fingerprint density at radius 1 is 1.39 bits per heavy atom. The molecule has 100 valence electrons. The van der Waals surface area contributed by atoms with Crippen LogP contribution in [0.5, 0.6) is 11.5 Å². The fourth-order valence-electron chi connectivity index (χ4n) is 1.81. The molecule has 1 aliphatic rings. The van der Waals surface area contributed by atoms with Crippen molar-refractivity contribution in [3.63, 3.8) is 0 Å². The second kappa shape index (κ2) is 6.27. The Morgan fingerprint density at radius 3 is 2.94 bits per heavy atom. The van der Waals surface area contributed by atoms with E-state index in [-0.39, 0.29) is 6.10 Å². The number of fused-ring (bicyclic) bond motifs is 1. The molecule has 0 spiro atoms. The number of aliphatic hydroxyl groups is 1. The standard InChI is InChI=1S/C13H18ClNO3/c1-9(16)2-3-15-8-10-6-11(14)13-12(7-10)17-4-5-18-13/h6-7,9,15-16H,2-5,8H2,1H3. The van der Waals surface area contributed by atoms with Crippen LogP contribution in [-0.2, 0) is 6.54 Å². The van der Waals surface area contributed by atoms with E-state index in [0.717, 1.165) is 18.5 Å². The van der Waals surface area contributed by atoms with Gasteiger partial charge < -0.3 is 19.9 Å². The second-order valence-electron chi connectivity index (χ2n) is 4.42. The van der Waals surface area contributed by atoms with Gasteiger partial charge in [-0.3, -0.25) is 0 Å². The maximum absolute atomic E-state index is 9.15. The van der Waals surface area contributed by atoms with E-state index in [4.69, 9.17) is 26.2 Å². The van der Waals surface area contributed by atoms with E-state index < -0.39 is 0 Å². The smallest absolute Gasteiger partial charge is 0.179 e. The third kappa shape index (κ3) is 3.51. The number of nitrogens with one attached hydrogen (secondary N) is 1. The van der Waals surface area contributed by atoms with Crippen molar-refractivity contribution in [3.05, 3.63) is 22.7 Å². The molecule has 0 bridgehead atoms. The first-order chi connectivity index (χ1) is 8.66. The molecule has 2 rings (SSSR count). The number of rotatable bonds is 5. The van der Waals surface area contributed by atoms with Crippen molar-refractivity contribution in [2.75, 3.05) is 19.8 Å². The van der Waals surface area contributed by atoms with Crippen molar-refractivity contribution in [2.24, 2.45) is 0 Å². The summed E-state index contributed by atoms with van der Waals surface area (Å²) < 4.78 is 11.0. The number of ether oxygens (including phenoxy) is 2. The van der Waals surface area contributed by atoms with Crippen LogP contribution >= 0.6 is 11.6 Å². The second-order valence-corrected chi connectivity index (χ2v) is 4.82. The molecule has 1 heterocycles. The van der Waals surface area contributed by atoms with Crippen LogP contribution in [0.4, 0.5) is 0 Å². The summed E-state index contributed by atoms with van der Waals surface area (Å²) in [6, 6.07) is 3.82. The fraction of sp³-hybridized carbons (Fsp3) is 0.538. The molecular weight excluding hydrogens is 254 g/mol. The number of aliphatic hydroxyl groups excluding tert-OH is 1. The average Bonchev–Trinajstić information content (AvgIpc) is 2.35. The molecule has 0 aromatic heterocycles. The molecule has 0 radical (unpaired) electrons. The zero-order chi connectivity index (χ0) is 13.0. The van der Waals surface area contributed by atoms with E-state index in [9.17, 15) is 0 Å². The van der Waals surface area contributed by atoms with Gasteiger partial charge in [0.1, 0.15) is 13.2 Å². The highest BCUT2D eigenvalue weighted by Gasteiger charge is 2.16. The van der Waals surface area contributed by atoms with Crippen molar-refractivity contribution in [1.29, 1.82) is 0 Å². The van der Waals surface area contributed by atoms with Crippen molar-refractivity contribution < 1.29 is 14.6 Å². The third-order valence-corrected chi connectivity index (χ3v) is 3.01. The first kappa shape index (κ1) is 13.5.